The van der Waals surface area contributed by atoms with Gasteiger partial charge in [-0.15, -0.1) is 0 Å². The third kappa shape index (κ3) is 2.77. The number of furan rings is 1. The molecule has 1 unspecified atom stereocenters. The maximum absolute atomic E-state index is 5.42. The molecule has 0 amide bonds. The first-order chi connectivity index (χ1) is 8.20. The van der Waals surface area contributed by atoms with Gasteiger partial charge in [-0.05, 0) is 44.2 Å². The lowest BCUT2D eigenvalue weighted by atomic mass is 9.96. The number of hydrogen-bond donors (Lipinski definition) is 1. The second-order valence-electron chi connectivity index (χ2n) is 4.48. The maximum atomic E-state index is 5.42. The minimum atomic E-state index is 0.307. The highest BCUT2D eigenvalue weighted by Gasteiger charge is 2.13. The van der Waals surface area contributed by atoms with Crippen LogP contribution in [0.4, 0.5) is 0 Å². The number of benzene rings is 1. The van der Waals surface area contributed by atoms with Crippen LogP contribution in [0.5, 0.6) is 0 Å². The molecular weight excluding hydrogens is 210 g/mol. The number of aryl methyl sites for hydroxylation is 2. The Morgan fingerprint density at radius 1 is 1.24 bits per heavy atom. The lowest BCUT2D eigenvalue weighted by Crippen LogP contribution is -2.19. The van der Waals surface area contributed by atoms with Gasteiger partial charge in [-0.1, -0.05) is 23.8 Å². The molecule has 1 N–H and O–H groups in total. The SMILES string of the molecule is CNC(Cc1ccco1)c1cc(C)ccc1C. The van der Waals surface area contributed by atoms with E-state index in [-0.39, 0.29) is 0 Å². The highest BCUT2D eigenvalue weighted by atomic mass is 16.3. The van der Waals surface area contributed by atoms with Crippen LogP contribution in [0.2, 0.25) is 0 Å². The summed E-state index contributed by atoms with van der Waals surface area (Å²) in [6, 6.07) is 10.8. The number of nitrogens with one attached hydrogen (secondary N) is 1. The molecule has 17 heavy (non-hydrogen) atoms. The van der Waals surface area contributed by atoms with Gasteiger partial charge in [0.05, 0.1) is 6.26 Å². The molecule has 1 atom stereocenters. The first-order valence-corrected chi connectivity index (χ1v) is 5.97. The third-order valence-corrected chi connectivity index (χ3v) is 3.14. The molecule has 1 aromatic heterocycles. The van der Waals surface area contributed by atoms with Gasteiger partial charge < -0.3 is 9.73 Å². The Hall–Kier alpha value is -1.54. The zero-order valence-electron chi connectivity index (χ0n) is 10.7. The average Bonchev–Trinajstić information content (AvgIpc) is 2.82. The quantitative estimate of drug-likeness (QED) is 0.869. The van der Waals surface area contributed by atoms with Crippen molar-refractivity contribution in [2.24, 2.45) is 0 Å². The van der Waals surface area contributed by atoms with Gasteiger partial charge in [-0.3, -0.25) is 0 Å². The van der Waals surface area contributed by atoms with Crippen LogP contribution in [0, 0.1) is 13.8 Å². The van der Waals surface area contributed by atoms with Crippen LogP contribution >= 0.6 is 0 Å². The second-order valence-corrected chi connectivity index (χ2v) is 4.48. The summed E-state index contributed by atoms with van der Waals surface area (Å²) in [6.07, 6.45) is 2.61. The zero-order chi connectivity index (χ0) is 12.3. The molecule has 90 valence electrons. The fourth-order valence-electron chi connectivity index (χ4n) is 2.13. The van der Waals surface area contributed by atoms with Crippen molar-refractivity contribution in [1.82, 2.24) is 5.32 Å². The van der Waals surface area contributed by atoms with Gasteiger partial charge >= 0.3 is 0 Å². The van der Waals surface area contributed by atoms with Crippen molar-refractivity contribution in [2.45, 2.75) is 26.3 Å². The lowest BCUT2D eigenvalue weighted by Gasteiger charge is -2.18. The Bertz CT molecular complexity index is 474. The molecule has 1 heterocycles. The molecule has 0 aliphatic rings. The van der Waals surface area contributed by atoms with E-state index in [1.165, 1.54) is 16.7 Å². The van der Waals surface area contributed by atoms with Crippen molar-refractivity contribution in [3.8, 4) is 0 Å². The summed E-state index contributed by atoms with van der Waals surface area (Å²) in [7, 11) is 2.00. The zero-order valence-corrected chi connectivity index (χ0v) is 10.7. The summed E-state index contributed by atoms with van der Waals surface area (Å²) >= 11 is 0. The fourth-order valence-corrected chi connectivity index (χ4v) is 2.13. The van der Waals surface area contributed by atoms with Gasteiger partial charge in [-0.25, -0.2) is 0 Å². The molecule has 2 nitrogen and oxygen atoms in total. The van der Waals surface area contributed by atoms with Crippen molar-refractivity contribution in [1.29, 1.82) is 0 Å². The van der Waals surface area contributed by atoms with Gasteiger partial charge in [0.25, 0.3) is 0 Å². The summed E-state index contributed by atoms with van der Waals surface area (Å²) in [5.41, 5.74) is 3.97. The number of rotatable bonds is 4. The van der Waals surface area contributed by atoms with E-state index >= 15 is 0 Å². The molecule has 0 saturated carbocycles. The van der Waals surface area contributed by atoms with Crippen LogP contribution in [-0.4, -0.2) is 7.05 Å². The Balaban J connectivity index is 2.25. The minimum absolute atomic E-state index is 0.307. The molecule has 0 fully saturated rings. The van der Waals surface area contributed by atoms with Crippen molar-refractivity contribution in [3.63, 3.8) is 0 Å². The molecule has 2 rings (SSSR count). The van der Waals surface area contributed by atoms with E-state index in [1.807, 2.05) is 19.2 Å². The Labute approximate surface area is 103 Å². The van der Waals surface area contributed by atoms with E-state index in [4.69, 9.17) is 4.42 Å². The van der Waals surface area contributed by atoms with Crippen molar-refractivity contribution in [2.75, 3.05) is 7.05 Å². The minimum Gasteiger partial charge on any atom is -0.469 e. The molecular formula is C15H19NO. The normalized spacial score (nSPS) is 12.6. The van der Waals surface area contributed by atoms with E-state index < -0.39 is 0 Å². The molecule has 0 aliphatic heterocycles. The van der Waals surface area contributed by atoms with E-state index in [2.05, 4.69) is 37.4 Å². The highest BCUT2D eigenvalue weighted by Crippen LogP contribution is 2.22. The first kappa shape index (κ1) is 11.9. The molecule has 0 radical (unpaired) electrons. The van der Waals surface area contributed by atoms with Gasteiger partial charge in [0.2, 0.25) is 0 Å². The summed E-state index contributed by atoms with van der Waals surface area (Å²) in [4.78, 5) is 0. The molecule has 2 heteroatoms. The van der Waals surface area contributed by atoms with Crippen molar-refractivity contribution in [3.05, 3.63) is 59.0 Å². The van der Waals surface area contributed by atoms with Crippen LogP contribution in [0.1, 0.15) is 28.5 Å². The molecule has 0 spiro atoms. The van der Waals surface area contributed by atoms with Crippen LogP contribution in [0.25, 0.3) is 0 Å². The number of likely N-dealkylation sites (N-methyl/N-ethyl adjacent to an activating group) is 1. The van der Waals surface area contributed by atoms with Gasteiger partial charge in [0, 0.05) is 12.5 Å². The highest BCUT2D eigenvalue weighted by molar-refractivity contribution is 5.33. The third-order valence-electron chi connectivity index (χ3n) is 3.14. The van der Waals surface area contributed by atoms with E-state index in [1.54, 1.807) is 6.26 Å². The molecule has 0 aliphatic carbocycles. The van der Waals surface area contributed by atoms with E-state index in [0.717, 1.165) is 12.2 Å². The predicted octanol–water partition coefficient (Wildman–Crippen LogP) is 3.40. The molecule has 0 bridgehead atoms. The Morgan fingerprint density at radius 3 is 2.71 bits per heavy atom. The lowest BCUT2D eigenvalue weighted by molar-refractivity contribution is 0.465. The summed E-state index contributed by atoms with van der Waals surface area (Å²) < 4.78 is 5.42. The van der Waals surface area contributed by atoms with Crippen molar-refractivity contribution < 1.29 is 4.42 Å². The van der Waals surface area contributed by atoms with E-state index in [0.29, 0.717) is 6.04 Å². The van der Waals surface area contributed by atoms with Crippen LogP contribution < -0.4 is 5.32 Å². The molecule has 1 aromatic carbocycles. The summed E-state index contributed by atoms with van der Waals surface area (Å²) in [5.74, 6) is 1.02. The Kier molecular flexibility index (Phi) is 3.64. The Morgan fingerprint density at radius 2 is 2.06 bits per heavy atom. The van der Waals surface area contributed by atoms with Crippen LogP contribution in [-0.2, 0) is 6.42 Å². The van der Waals surface area contributed by atoms with Gasteiger partial charge in [0.15, 0.2) is 0 Å². The number of hydrogen-bond acceptors (Lipinski definition) is 2. The largest absolute Gasteiger partial charge is 0.469 e. The monoisotopic (exact) mass is 229 g/mol. The van der Waals surface area contributed by atoms with Crippen LogP contribution in [0.15, 0.2) is 41.0 Å². The summed E-state index contributed by atoms with van der Waals surface area (Å²) in [5, 5.41) is 3.36. The van der Waals surface area contributed by atoms with Crippen LogP contribution in [0.3, 0.4) is 0 Å². The molecule has 2 aromatic rings. The standard InChI is InChI=1S/C15H19NO/c1-11-6-7-12(2)14(9-11)15(16-3)10-13-5-4-8-17-13/h4-9,15-16H,10H2,1-3H3. The van der Waals surface area contributed by atoms with Gasteiger partial charge in [-0.2, -0.15) is 0 Å². The topological polar surface area (TPSA) is 25.2 Å². The second kappa shape index (κ2) is 5.19. The fraction of sp³-hybridized carbons (Fsp3) is 0.333. The molecule has 0 saturated heterocycles. The average molecular weight is 229 g/mol. The van der Waals surface area contributed by atoms with E-state index in [9.17, 15) is 0 Å². The summed E-state index contributed by atoms with van der Waals surface area (Å²) in [6.45, 7) is 4.28. The van der Waals surface area contributed by atoms with Crippen molar-refractivity contribution >= 4 is 0 Å². The predicted molar refractivity (Wildman–Crippen MR) is 70.1 cm³/mol. The van der Waals surface area contributed by atoms with Gasteiger partial charge in [0.1, 0.15) is 5.76 Å². The maximum Gasteiger partial charge on any atom is 0.105 e. The smallest absolute Gasteiger partial charge is 0.105 e. The first-order valence-electron chi connectivity index (χ1n) is 5.97.